The standard InChI is InChI=1S/C25H23N3O2S/c29-23(15-12-19-8-5-7-18-6-1-2-9-22(18)19)27-25(31)26-21-13-10-20(11-14-21)24(30)28-16-3-4-17-28/h1-2,5-15H,3-4,16-17H2,(H2,26,27,29,31)/b15-12+. The molecule has 1 fully saturated rings. The van der Waals surface area contributed by atoms with E-state index in [1.807, 2.05) is 47.4 Å². The van der Waals surface area contributed by atoms with Crippen LogP contribution in [0.2, 0.25) is 0 Å². The molecule has 156 valence electrons. The summed E-state index contributed by atoms with van der Waals surface area (Å²) in [5.41, 5.74) is 2.33. The predicted molar refractivity (Wildman–Crippen MR) is 129 cm³/mol. The van der Waals surface area contributed by atoms with Gasteiger partial charge < -0.3 is 10.2 Å². The molecule has 0 aromatic heterocycles. The van der Waals surface area contributed by atoms with E-state index >= 15 is 0 Å². The van der Waals surface area contributed by atoms with Gasteiger partial charge in [-0.25, -0.2) is 0 Å². The Hall–Kier alpha value is -3.51. The topological polar surface area (TPSA) is 61.4 Å². The number of hydrogen-bond acceptors (Lipinski definition) is 3. The summed E-state index contributed by atoms with van der Waals surface area (Å²) in [6, 6.07) is 21.1. The van der Waals surface area contributed by atoms with Crippen LogP contribution in [0.5, 0.6) is 0 Å². The maximum absolute atomic E-state index is 12.4. The Morgan fingerprint density at radius 2 is 1.61 bits per heavy atom. The quantitative estimate of drug-likeness (QED) is 0.470. The van der Waals surface area contributed by atoms with Crippen molar-refractivity contribution in [2.75, 3.05) is 18.4 Å². The molecule has 1 aliphatic rings. The van der Waals surface area contributed by atoms with Gasteiger partial charge in [0.1, 0.15) is 0 Å². The molecule has 2 N–H and O–H groups in total. The molecule has 6 heteroatoms. The van der Waals surface area contributed by atoms with Crippen LogP contribution in [-0.4, -0.2) is 34.9 Å². The second kappa shape index (κ2) is 9.53. The minimum absolute atomic E-state index is 0.0542. The highest BCUT2D eigenvalue weighted by atomic mass is 32.1. The largest absolute Gasteiger partial charge is 0.339 e. The van der Waals surface area contributed by atoms with Crippen molar-refractivity contribution in [2.45, 2.75) is 12.8 Å². The molecule has 0 atom stereocenters. The number of likely N-dealkylation sites (tertiary alicyclic amines) is 1. The molecular weight excluding hydrogens is 406 g/mol. The number of fused-ring (bicyclic) bond motifs is 1. The zero-order valence-corrected chi connectivity index (χ0v) is 17.8. The number of rotatable bonds is 4. The third kappa shape index (κ3) is 5.16. The lowest BCUT2D eigenvalue weighted by atomic mass is 10.0. The molecule has 1 aliphatic heterocycles. The monoisotopic (exact) mass is 429 g/mol. The number of hydrogen-bond donors (Lipinski definition) is 2. The Labute approximate surface area is 186 Å². The molecule has 0 radical (unpaired) electrons. The fourth-order valence-electron chi connectivity index (χ4n) is 3.68. The number of nitrogens with one attached hydrogen (secondary N) is 2. The lowest BCUT2D eigenvalue weighted by Crippen LogP contribution is -2.32. The Bertz CT molecular complexity index is 1140. The molecule has 2 amide bonds. The highest BCUT2D eigenvalue weighted by Crippen LogP contribution is 2.19. The van der Waals surface area contributed by atoms with Gasteiger partial charge in [0.15, 0.2) is 5.11 Å². The molecule has 0 unspecified atom stereocenters. The van der Waals surface area contributed by atoms with Crippen molar-refractivity contribution in [1.82, 2.24) is 10.2 Å². The normalized spacial score (nSPS) is 13.5. The van der Waals surface area contributed by atoms with Crippen LogP contribution in [0.15, 0.2) is 72.8 Å². The first kappa shape index (κ1) is 20.8. The Morgan fingerprint density at radius 3 is 2.39 bits per heavy atom. The van der Waals surface area contributed by atoms with Crippen LogP contribution in [0.4, 0.5) is 5.69 Å². The van der Waals surface area contributed by atoms with Crippen molar-refractivity contribution in [3.05, 3.63) is 83.9 Å². The van der Waals surface area contributed by atoms with Crippen LogP contribution < -0.4 is 10.6 Å². The number of thiocarbonyl (C=S) groups is 1. The molecule has 5 nitrogen and oxygen atoms in total. The van der Waals surface area contributed by atoms with E-state index in [4.69, 9.17) is 12.2 Å². The zero-order chi connectivity index (χ0) is 21.6. The van der Waals surface area contributed by atoms with Crippen LogP contribution in [0, 0.1) is 0 Å². The number of nitrogens with zero attached hydrogens (tertiary/aromatic N) is 1. The lowest BCUT2D eigenvalue weighted by molar-refractivity contribution is -0.115. The second-order valence-electron chi connectivity index (χ2n) is 7.42. The fraction of sp³-hybridized carbons (Fsp3) is 0.160. The average molecular weight is 430 g/mol. The summed E-state index contributed by atoms with van der Waals surface area (Å²) in [4.78, 5) is 26.6. The highest BCUT2D eigenvalue weighted by Gasteiger charge is 2.19. The molecule has 0 bridgehead atoms. The summed E-state index contributed by atoms with van der Waals surface area (Å²) < 4.78 is 0. The molecule has 4 rings (SSSR count). The first-order valence-corrected chi connectivity index (χ1v) is 10.7. The second-order valence-corrected chi connectivity index (χ2v) is 7.83. The number of benzene rings is 3. The van der Waals surface area contributed by atoms with Crippen LogP contribution >= 0.6 is 12.2 Å². The molecule has 0 aliphatic carbocycles. The van der Waals surface area contributed by atoms with Crippen molar-refractivity contribution in [3.63, 3.8) is 0 Å². The Balaban J connectivity index is 1.33. The van der Waals surface area contributed by atoms with Gasteiger partial charge in [0.25, 0.3) is 5.91 Å². The molecule has 1 saturated heterocycles. The van der Waals surface area contributed by atoms with Gasteiger partial charge in [-0.15, -0.1) is 0 Å². The van der Waals surface area contributed by atoms with Crippen LogP contribution in [0.1, 0.15) is 28.8 Å². The van der Waals surface area contributed by atoms with E-state index in [2.05, 4.69) is 10.6 Å². The van der Waals surface area contributed by atoms with Gasteiger partial charge in [0.05, 0.1) is 0 Å². The fourth-order valence-corrected chi connectivity index (χ4v) is 3.89. The van der Waals surface area contributed by atoms with Gasteiger partial charge in [-0.2, -0.15) is 0 Å². The molecule has 3 aromatic carbocycles. The van der Waals surface area contributed by atoms with Gasteiger partial charge in [0.2, 0.25) is 5.91 Å². The molecular formula is C25H23N3O2S. The summed E-state index contributed by atoms with van der Waals surface area (Å²) in [5, 5.41) is 8.03. The summed E-state index contributed by atoms with van der Waals surface area (Å²) in [6.07, 6.45) is 5.37. The number of carbonyl (C=O) groups is 2. The molecule has 1 heterocycles. The van der Waals surface area contributed by atoms with Gasteiger partial charge in [0, 0.05) is 30.4 Å². The van der Waals surface area contributed by atoms with Crippen LogP contribution in [0.25, 0.3) is 16.8 Å². The van der Waals surface area contributed by atoms with Crippen molar-refractivity contribution in [1.29, 1.82) is 0 Å². The predicted octanol–water partition coefficient (Wildman–Crippen LogP) is 4.60. The number of amides is 2. The summed E-state index contributed by atoms with van der Waals surface area (Å²) >= 11 is 5.24. The first-order chi connectivity index (χ1) is 15.1. The van der Waals surface area contributed by atoms with Crippen molar-refractivity contribution in [2.24, 2.45) is 0 Å². The Kier molecular flexibility index (Phi) is 6.38. The SMILES string of the molecule is O=C(/C=C/c1cccc2ccccc12)NC(=S)Nc1ccc(C(=O)N2CCCC2)cc1. The summed E-state index contributed by atoms with van der Waals surface area (Å²) in [5.74, 6) is -0.259. The maximum atomic E-state index is 12.4. The van der Waals surface area contributed by atoms with Crippen molar-refractivity contribution in [3.8, 4) is 0 Å². The van der Waals surface area contributed by atoms with E-state index in [9.17, 15) is 9.59 Å². The third-order valence-corrected chi connectivity index (χ3v) is 5.46. The highest BCUT2D eigenvalue weighted by molar-refractivity contribution is 7.80. The van der Waals surface area contributed by atoms with Crippen molar-refractivity contribution < 1.29 is 9.59 Å². The number of carbonyl (C=O) groups excluding carboxylic acids is 2. The van der Waals surface area contributed by atoms with Crippen LogP contribution in [0.3, 0.4) is 0 Å². The molecule has 0 spiro atoms. The summed E-state index contributed by atoms with van der Waals surface area (Å²) in [7, 11) is 0. The molecule has 3 aromatic rings. The average Bonchev–Trinajstić information content (AvgIpc) is 3.32. The summed E-state index contributed by atoms with van der Waals surface area (Å²) in [6.45, 7) is 1.64. The van der Waals surface area contributed by atoms with E-state index in [1.165, 1.54) is 6.08 Å². The minimum atomic E-state index is -0.314. The third-order valence-electron chi connectivity index (χ3n) is 5.26. The van der Waals surface area contributed by atoms with Crippen LogP contribution in [-0.2, 0) is 4.79 Å². The van der Waals surface area contributed by atoms with Crippen molar-refractivity contribution >= 4 is 51.7 Å². The number of anilines is 1. The van der Waals surface area contributed by atoms with Gasteiger partial charge in [-0.3, -0.25) is 14.9 Å². The van der Waals surface area contributed by atoms with Gasteiger partial charge in [-0.1, -0.05) is 42.5 Å². The zero-order valence-electron chi connectivity index (χ0n) is 17.0. The molecule has 31 heavy (non-hydrogen) atoms. The molecule has 0 saturated carbocycles. The lowest BCUT2D eigenvalue weighted by Gasteiger charge is -2.15. The van der Waals surface area contributed by atoms with E-state index in [-0.39, 0.29) is 16.9 Å². The Morgan fingerprint density at radius 1 is 0.903 bits per heavy atom. The van der Waals surface area contributed by atoms with E-state index < -0.39 is 0 Å². The minimum Gasteiger partial charge on any atom is -0.339 e. The smallest absolute Gasteiger partial charge is 0.253 e. The van der Waals surface area contributed by atoms with Gasteiger partial charge in [-0.05, 0) is 71.7 Å². The van der Waals surface area contributed by atoms with E-state index in [0.717, 1.165) is 42.3 Å². The first-order valence-electron chi connectivity index (χ1n) is 10.3. The van der Waals surface area contributed by atoms with Gasteiger partial charge >= 0.3 is 0 Å². The maximum Gasteiger partial charge on any atom is 0.253 e. The van der Waals surface area contributed by atoms with E-state index in [0.29, 0.717) is 11.3 Å². The van der Waals surface area contributed by atoms with E-state index in [1.54, 1.807) is 30.3 Å².